The van der Waals surface area contributed by atoms with Crippen LogP contribution >= 0.6 is 0 Å². The van der Waals surface area contributed by atoms with E-state index in [0.717, 1.165) is 112 Å². The second kappa shape index (κ2) is 21.1. The van der Waals surface area contributed by atoms with Crippen molar-refractivity contribution in [3.8, 4) is 113 Å². The van der Waals surface area contributed by atoms with Crippen LogP contribution in [0.2, 0.25) is 0 Å². The summed E-state index contributed by atoms with van der Waals surface area (Å²) >= 11 is 0. The van der Waals surface area contributed by atoms with E-state index in [-0.39, 0.29) is 11.8 Å². The van der Waals surface area contributed by atoms with Gasteiger partial charge in [-0.15, -0.1) is 0 Å². The van der Waals surface area contributed by atoms with Gasteiger partial charge in [-0.1, -0.05) is 255 Å². The monoisotopic (exact) mass is 1120 g/mol. The third-order valence-corrected chi connectivity index (χ3v) is 17.3. The Labute approximate surface area is 508 Å². The van der Waals surface area contributed by atoms with Crippen LogP contribution in [0.1, 0.15) is 45.2 Å². The van der Waals surface area contributed by atoms with Crippen LogP contribution in [-0.4, -0.2) is 39.9 Å². The molecule has 410 valence electrons. The number of nitrogens with zero attached hydrogens (tertiary/aromatic N) is 8. The van der Waals surface area contributed by atoms with E-state index in [1.165, 1.54) is 33.4 Å². The van der Waals surface area contributed by atoms with Crippen LogP contribution in [0, 0.1) is 0 Å². The normalized spacial score (nSPS) is 13.7. The minimum absolute atomic E-state index is 0.0370. The van der Waals surface area contributed by atoms with Crippen molar-refractivity contribution < 1.29 is 0 Å². The van der Waals surface area contributed by atoms with Crippen molar-refractivity contribution in [1.82, 2.24) is 39.9 Å². The van der Waals surface area contributed by atoms with Gasteiger partial charge in [0.15, 0.2) is 23.3 Å². The number of hydrogen-bond acceptors (Lipinski definition) is 8. The molecule has 88 heavy (non-hydrogen) atoms. The van der Waals surface area contributed by atoms with Crippen LogP contribution in [0.15, 0.2) is 291 Å². The van der Waals surface area contributed by atoms with Gasteiger partial charge in [-0.05, 0) is 69.8 Å². The van der Waals surface area contributed by atoms with Crippen LogP contribution in [-0.2, 0) is 0 Å². The molecule has 0 fully saturated rings. The summed E-state index contributed by atoms with van der Waals surface area (Å²) in [6.07, 6.45) is 0. The topological polar surface area (TPSA) is 103 Å². The summed E-state index contributed by atoms with van der Waals surface area (Å²) in [7, 11) is 0. The molecule has 0 N–H and O–H groups in total. The van der Waals surface area contributed by atoms with Crippen LogP contribution in [0.4, 0.5) is 0 Å². The van der Waals surface area contributed by atoms with Crippen LogP contribution < -0.4 is 0 Å². The lowest BCUT2D eigenvalue weighted by Crippen LogP contribution is -2.27. The summed E-state index contributed by atoms with van der Waals surface area (Å²) in [5, 5.41) is 1.94. The molecule has 4 heterocycles. The first-order valence-corrected chi connectivity index (χ1v) is 29.7. The first-order chi connectivity index (χ1) is 43.6. The van der Waals surface area contributed by atoms with Crippen molar-refractivity contribution in [2.24, 2.45) is 0 Å². The fourth-order valence-corrected chi connectivity index (χ4v) is 13.3. The molecule has 3 aliphatic carbocycles. The second-order valence-corrected chi connectivity index (χ2v) is 22.5. The van der Waals surface area contributed by atoms with Crippen molar-refractivity contribution in [3.63, 3.8) is 0 Å². The van der Waals surface area contributed by atoms with Gasteiger partial charge in [-0.3, -0.25) is 0 Å². The highest BCUT2D eigenvalue weighted by Crippen LogP contribution is 2.57. The van der Waals surface area contributed by atoms with Crippen LogP contribution in [0.25, 0.3) is 135 Å². The Bertz CT molecular complexity index is 4900. The maximum absolute atomic E-state index is 5.53. The van der Waals surface area contributed by atoms with Gasteiger partial charge in [0.25, 0.3) is 0 Å². The molecule has 0 aliphatic heterocycles. The summed E-state index contributed by atoms with van der Waals surface area (Å²) < 4.78 is 0. The standard InChI is InChI=1S/C80H50N8/c1-5-23-49(24-6-1)69-47-71(55-31-13-17-35-61(55)75-63-37-19-21-39-67(63)81-77(87-75)51-27-9-3-10-28-51)85-79(83-69)53-41-43-59-65(45-53)73-57-33-15-16-34-58(57)74(59)66-46-54(42-44-60(66)73)80-84-70(50-25-7-2-8-26-50)48-72(86-80)56-32-14-18-36-62(56)76-64-38-20-22-40-68(64)82-78(88-76)52-29-11-4-12-30-52/h1-48,73-74H. The highest BCUT2D eigenvalue weighted by atomic mass is 14.9. The van der Waals surface area contributed by atoms with Crippen molar-refractivity contribution in [1.29, 1.82) is 0 Å². The average molecular weight is 1120 g/mol. The summed E-state index contributed by atoms with van der Waals surface area (Å²) in [4.78, 5) is 42.6. The van der Waals surface area contributed by atoms with Gasteiger partial charge in [-0.25, -0.2) is 39.9 Å². The Hall–Kier alpha value is -11.7. The van der Waals surface area contributed by atoms with Gasteiger partial charge in [0, 0.05) is 78.2 Å². The predicted octanol–water partition coefficient (Wildman–Crippen LogP) is 18.8. The molecule has 18 rings (SSSR count). The van der Waals surface area contributed by atoms with Gasteiger partial charge in [-0.2, -0.15) is 0 Å². The summed E-state index contributed by atoms with van der Waals surface area (Å²) in [5.74, 6) is 2.56. The van der Waals surface area contributed by atoms with E-state index in [9.17, 15) is 0 Å². The average Bonchev–Trinajstić information content (AvgIpc) is 0.760. The van der Waals surface area contributed by atoms with E-state index in [1.807, 2.05) is 60.7 Å². The van der Waals surface area contributed by atoms with E-state index in [0.29, 0.717) is 23.3 Å². The third kappa shape index (κ3) is 8.76. The molecule has 0 saturated carbocycles. The molecule has 3 aliphatic rings. The molecule has 8 heteroatoms. The maximum atomic E-state index is 5.53. The number of rotatable bonds is 10. The molecule has 0 amide bonds. The quantitative estimate of drug-likeness (QED) is 0.133. The molecule has 0 spiro atoms. The summed E-state index contributed by atoms with van der Waals surface area (Å²) in [6, 6.07) is 102. The van der Waals surface area contributed by atoms with Gasteiger partial charge in [0.2, 0.25) is 0 Å². The number of aromatic nitrogens is 8. The lowest BCUT2D eigenvalue weighted by molar-refractivity contribution is 0.754. The zero-order valence-corrected chi connectivity index (χ0v) is 47.4. The Morgan fingerprint density at radius 2 is 0.511 bits per heavy atom. The lowest BCUT2D eigenvalue weighted by Gasteiger charge is -2.42. The predicted molar refractivity (Wildman–Crippen MR) is 353 cm³/mol. The van der Waals surface area contributed by atoms with Crippen molar-refractivity contribution >= 4 is 21.8 Å². The fourth-order valence-electron chi connectivity index (χ4n) is 13.3. The SMILES string of the molecule is c1ccc(-c2cc(-c3ccccc3-c3nc(-c4ccccc4)nc4ccccc34)nc(-c3ccc4c(c3)C3c5ccccc5C4c4cc(-c5nc(-c6ccccc6)cc(-c6ccccc6-c6nc(-c7ccccc7)nc7ccccc67)n5)ccc43)n2)cc1. The van der Waals surface area contributed by atoms with E-state index in [1.54, 1.807) is 0 Å². The number of benzene rings is 11. The molecule has 0 saturated heterocycles. The molecule has 11 aromatic carbocycles. The molecule has 2 atom stereocenters. The fraction of sp³-hybridized carbons (Fsp3) is 0.0250. The van der Waals surface area contributed by atoms with Crippen molar-refractivity contribution in [2.75, 3.05) is 0 Å². The summed E-state index contributed by atoms with van der Waals surface area (Å²) in [5.41, 5.74) is 24.0. The molecule has 2 bridgehead atoms. The minimum atomic E-state index is -0.0370. The highest BCUT2D eigenvalue weighted by molar-refractivity contribution is 5.99. The molecule has 15 aromatic rings. The van der Waals surface area contributed by atoms with E-state index < -0.39 is 0 Å². The van der Waals surface area contributed by atoms with Gasteiger partial charge in [0.05, 0.1) is 45.2 Å². The number of fused-ring (bicyclic) bond motifs is 2. The van der Waals surface area contributed by atoms with Gasteiger partial charge in [0.1, 0.15) is 0 Å². The Morgan fingerprint density at radius 3 is 0.932 bits per heavy atom. The van der Waals surface area contributed by atoms with Gasteiger partial charge >= 0.3 is 0 Å². The van der Waals surface area contributed by atoms with Crippen molar-refractivity contribution in [2.45, 2.75) is 11.8 Å². The second-order valence-electron chi connectivity index (χ2n) is 22.5. The van der Waals surface area contributed by atoms with Crippen molar-refractivity contribution in [3.05, 3.63) is 325 Å². The zero-order valence-electron chi connectivity index (χ0n) is 47.4. The maximum Gasteiger partial charge on any atom is 0.160 e. The first-order valence-electron chi connectivity index (χ1n) is 29.7. The molecular formula is C80H50N8. The number of hydrogen-bond donors (Lipinski definition) is 0. The minimum Gasteiger partial charge on any atom is -0.228 e. The molecule has 4 aromatic heterocycles. The third-order valence-electron chi connectivity index (χ3n) is 17.3. The van der Waals surface area contributed by atoms with Gasteiger partial charge < -0.3 is 0 Å². The molecular weight excluding hydrogens is 1070 g/mol. The summed E-state index contributed by atoms with van der Waals surface area (Å²) in [6.45, 7) is 0. The molecule has 8 nitrogen and oxygen atoms in total. The van der Waals surface area contributed by atoms with Crippen LogP contribution in [0.5, 0.6) is 0 Å². The Morgan fingerprint density at radius 1 is 0.193 bits per heavy atom. The molecule has 2 unspecified atom stereocenters. The Kier molecular flexibility index (Phi) is 12.2. The zero-order chi connectivity index (χ0) is 58.1. The Balaban J connectivity index is 0.790. The van der Waals surface area contributed by atoms with Crippen LogP contribution in [0.3, 0.4) is 0 Å². The van der Waals surface area contributed by atoms with E-state index in [4.69, 9.17) is 39.9 Å². The molecule has 0 radical (unpaired) electrons. The largest absolute Gasteiger partial charge is 0.228 e. The highest BCUT2D eigenvalue weighted by Gasteiger charge is 2.42. The number of para-hydroxylation sites is 2. The lowest BCUT2D eigenvalue weighted by atomic mass is 9.61. The van der Waals surface area contributed by atoms with E-state index in [2.05, 4.69) is 231 Å². The smallest absolute Gasteiger partial charge is 0.160 e. The van der Waals surface area contributed by atoms with E-state index >= 15 is 0 Å². The first kappa shape index (κ1) is 50.7.